The van der Waals surface area contributed by atoms with Crippen LogP contribution in [0.3, 0.4) is 0 Å². The number of aromatic nitrogens is 2. The molecule has 8 nitrogen and oxygen atoms in total. The van der Waals surface area contributed by atoms with E-state index < -0.39 is 11.5 Å². The smallest absolute Gasteiger partial charge is 0.349 e. The number of nitrogens with zero attached hydrogens (tertiary/aromatic N) is 3. The molecule has 0 saturated carbocycles. The van der Waals surface area contributed by atoms with Crippen molar-refractivity contribution in [2.75, 3.05) is 20.1 Å². The van der Waals surface area contributed by atoms with Crippen LogP contribution < -0.4 is 10.9 Å². The molecule has 0 aliphatic carbocycles. The fraction of sp³-hybridized carbons (Fsp3) is 0.364. The summed E-state index contributed by atoms with van der Waals surface area (Å²) in [5.74, 6) is 0.959. The van der Waals surface area contributed by atoms with Crippen LogP contribution in [-0.4, -0.2) is 41.1 Å². The third kappa shape index (κ3) is 4.18. The monoisotopic (exact) mass is 408 g/mol. The number of aryl methyl sites for hydroxylation is 1. The Morgan fingerprint density at radius 2 is 2.03 bits per heavy atom. The van der Waals surface area contributed by atoms with Gasteiger partial charge in [-0.1, -0.05) is 11.2 Å². The molecule has 156 valence electrons. The Balaban J connectivity index is 1.50. The Bertz CT molecular complexity index is 1080. The highest BCUT2D eigenvalue weighted by molar-refractivity contribution is 5.94. The van der Waals surface area contributed by atoms with Gasteiger partial charge in [0.2, 0.25) is 0 Å². The Morgan fingerprint density at radius 3 is 2.73 bits per heavy atom. The molecule has 0 radical (unpaired) electrons. The van der Waals surface area contributed by atoms with Crippen molar-refractivity contribution in [3.05, 3.63) is 69.6 Å². The molecular weight excluding hydrogens is 384 g/mol. The lowest BCUT2D eigenvalue weighted by Gasteiger charge is -2.22. The van der Waals surface area contributed by atoms with Crippen LogP contribution in [0.4, 0.5) is 0 Å². The number of hydrogen-bond donors (Lipinski definition) is 1. The zero-order chi connectivity index (χ0) is 21.1. The SMILES string of the molecule is Cc1cc(C2CCNCC2)oc(=O)c1C(=O)N(C)Cc1cc(-c2ccccn2)no1. The van der Waals surface area contributed by atoms with E-state index in [0.717, 1.165) is 25.9 Å². The maximum absolute atomic E-state index is 12.9. The van der Waals surface area contributed by atoms with Gasteiger partial charge in [0.1, 0.15) is 17.0 Å². The number of rotatable bonds is 5. The van der Waals surface area contributed by atoms with E-state index in [2.05, 4.69) is 15.5 Å². The summed E-state index contributed by atoms with van der Waals surface area (Å²) in [6.07, 6.45) is 3.51. The molecular formula is C22H24N4O4. The van der Waals surface area contributed by atoms with Crippen molar-refractivity contribution in [3.8, 4) is 11.4 Å². The second-order valence-corrected chi connectivity index (χ2v) is 7.57. The number of amides is 1. The summed E-state index contributed by atoms with van der Waals surface area (Å²) < 4.78 is 10.9. The van der Waals surface area contributed by atoms with Crippen molar-refractivity contribution in [2.24, 2.45) is 0 Å². The highest BCUT2D eigenvalue weighted by Gasteiger charge is 2.25. The molecule has 1 saturated heterocycles. The zero-order valence-electron chi connectivity index (χ0n) is 17.1. The van der Waals surface area contributed by atoms with Gasteiger partial charge in [-0.25, -0.2) is 4.79 Å². The van der Waals surface area contributed by atoms with Crippen LogP contribution in [0.15, 0.2) is 50.3 Å². The van der Waals surface area contributed by atoms with Crippen molar-refractivity contribution < 1.29 is 13.7 Å². The van der Waals surface area contributed by atoms with E-state index in [9.17, 15) is 9.59 Å². The first-order valence-corrected chi connectivity index (χ1v) is 10.0. The van der Waals surface area contributed by atoms with E-state index in [1.165, 1.54) is 4.90 Å². The van der Waals surface area contributed by atoms with Crippen LogP contribution >= 0.6 is 0 Å². The van der Waals surface area contributed by atoms with Gasteiger partial charge in [-0.3, -0.25) is 9.78 Å². The lowest BCUT2D eigenvalue weighted by atomic mass is 9.94. The summed E-state index contributed by atoms with van der Waals surface area (Å²) in [4.78, 5) is 31.2. The number of pyridine rings is 1. The maximum atomic E-state index is 12.9. The summed E-state index contributed by atoms with van der Waals surface area (Å²) in [5.41, 5.74) is 1.37. The average Bonchev–Trinajstić information content (AvgIpc) is 3.23. The van der Waals surface area contributed by atoms with E-state index >= 15 is 0 Å². The standard InChI is InChI=1S/C22H24N4O4/c1-14-11-19(15-6-9-23-10-7-15)29-22(28)20(14)21(27)26(2)13-16-12-18(25-30-16)17-5-3-4-8-24-17/h3-5,8,11-12,15,23H,6-7,9-10,13H2,1-2H3. The van der Waals surface area contributed by atoms with Gasteiger partial charge in [-0.15, -0.1) is 0 Å². The van der Waals surface area contributed by atoms with Crippen molar-refractivity contribution >= 4 is 5.91 Å². The van der Waals surface area contributed by atoms with Gasteiger partial charge in [0.25, 0.3) is 5.91 Å². The van der Waals surface area contributed by atoms with Crippen molar-refractivity contribution in [1.29, 1.82) is 0 Å². The Hall–Kier alpha value is -3.26. The molecule has 1 aliphatic rings. The molecule has 30 heavy (non-hydrogen) atoms. The molecule has 1 N–H and O–H groups in total. The molecule has 0 spiro atoms. The molecule has 3 aromatic rings. The minimum absolute atomic E-state index is 0.0552. The fourth-order valence-corrected chi connectivity index (χ4v) is 3.72. The van der Waals surface area contributed by atoms with E-state index in [1.807, 2.05) is 24.3 Å². The first kappa shape index (κ1) is 20.0. The van der Waals surface area contributed by atoms with E-state index in [-0.39, 0.29) is 18.0 Å². The van der Waals surface area contributed by atoms with Crippen LogP contribution in [0.25, 0.3) is 11.4 Å². The molecule has 0 aromatic carbocycles. The number of hydrogen-bond acceptors (Lipinski definition) is 7. The molecule has 8 heteroatoms. The summed E-state index contributed by atoms with van der Waals surface area (Å²) in [6.45, 7) is 3.74. The van der Waals surface area contributed by atoms with Gasteiger partial charge in [-0.05, 0) is 56.6 Å². The minimum Gasteiger partial charge on any atom is -0.427 e. The average molecular weight is 408 g/mol. The molecule has 0 atom stereocenters. The Labute approximate surface area is 173 Å². The van der Waals surface area contributed by atoms with Gasteiger partial charge in [0.05, 0.1) is 12.2 Å². The lowest BCUT2D eigenvalue weighted by Crippen LogP contribution is -2.32. The van der Waals surface area contributed by atoms with E-state index in [1.54, 1.807) is 26.2 Å². The largest absolute Gasteiger partial charge is 0.427 e. The number of carbonyl (C=O) groups is 1. The summed E-state index contributed by atoms with van der Waals surface area (Å²) >= 11 is 0. The molecule has 0 unspecified atom stereocenters. The van der Waals surface area contributed by atoms with Gasteiger partial charge >= 0.3 is 5.63 Å². The maximum Gasteiger partial charge on any atom is 0.349 e. The van der Waals surface area contributed by atoms with Gasteiger partial charge < -0.3 is 19.2 Å². The van der Waals surface area contributed by atoms with Crippen LogP contribution in [0, 0.1) is 6.92 Å². The molecule has 3 aromatic heterocycles. The van der Waals surface area contributed by atoms with Crippen molar-refractivity contribution in [3.63, 3.8) is 0 Å². The third-order valence-electron chi connectivity index (χ3n) is 5.35. The molecule has 4 rings (SSSR count). The second kappa shape index (κ2) is 8.62. The molecule has 0 bridgehead atoms. The number of nitrogens with one attached hydrogen (secondary N) is 1. The highest BCUT2D eigenvalue weighted by Crippen LogP contribution is 2.26. The van der Waals surface area contributed by atoms with Gasteiger partial charge in [-0.2, -0.15) is 0 Å². The van der Waals surface area contributed by atoms with Crippen LogP contribution in [-0.2, 0) is 6.54 Å². The number of carbonyl (C=O) groups excluding carboxylic acids is 1. The normalized spacial score (nSPS) is 14.6. The Morgan fingerprint density at radius 1 is 1.23 bits per heavy atom. The van der Waals surface area contributed by atoms with Crippen LogP contribution in [0.5, 0.6) is 0 Å². The highest BCUT2D eigenvalue weighted by atomic mass is 16.5. The minimum atomic E-state index is -0.591. The van der Waals surface area contributed by atoms with E-state index in [4.69, 9.17) is 8.94 Å². The van der Waals surface area contributed by atoms with Crippen molar-refractivity contribution in [1.82, 2.24) is 20.4 Å². The molecule has 1 fully saturated rings. The first-order chi connectivity index (χ1) is 14.5. The third-order valence-corrected chi connectivity index (χ3v) is 5.35. The summed E-state index contributed by atoms with van der Waals surface area (Å²) in [6, 6.07) is 9.08. The summed E-state index contributed by atoms with van der Waals surface area (Å²) in [7, 11) is 1.62. The first-order valence-electron chi connectivity index (χ1n) is 10.0. The second-order valence-electron chi connectivity index (χ2n) is 7.57. The van der Waals surface area contributed by atoms with E-state index in [0.29, 0.717) is 28.5 Å². The fourth-order valence-electron chi connectivity index (χ4n) is 3.72. The van der Waals surface area contributed by atoms with Crippen LogP contribution in [0.2, 0.25) is 0 Å². The Kier molecular flexibility index (Phi) is 5.76. The van der Waals surface area contributed by atoms with Gasteiger partial charge in [0.15, 0.2) is 5.76 Å². The summed E-state index contributed by atoms with van der Waals surface area (Å²) in [5, 5.41) is 7.30. The quantitative estimate of drug-likeness (QED) is 0.693. The number of piperidine rings is 1. The molecule has 1 aliphatic heterocycles. The van der Waals surface area contributed by atoms with Crippen molar-refractivity contribution in [2.45, 2.75) is 32.2 Å². The zero-order valence-corrected chi connectivity index (χ0v) is 17.1. The predicted molar refractivity (Wildman–Crippen MR) is 110 cm³/mol. The molecule has 4 heterocycles. The van der Waals surface area contributed by atoms with Gasteiger partial charge in [0, 0.05) is 25.2 Å². The van der Waals surface area contributed by atoms with Crippen LogP contribution in [0.1, 0.15) is 46.2 Å². The topological polar surface area (TPSA) is 101 Å². The molecule has 1 amide bonds. The lowest BCUT2D eigenvalue weighted by molar-refractivity contribution is 0.0766. The predicted octanol–water partition coefficient (Wildman–Crippen LogP) is 2.74.